The molecule has 1 N–H and O–H groups in total. The van der Waals surface area contributed by atoms with Crippen LogP contribution in [0, 0.1) is 5.92 Å². The molecule has 0 radical (unpaired) electrons. The van der Waals surface area contributed by atoms with Gasteiger partial charge >= 0.3 is 13.2 Å². The minimum Gasteiger partial charge on any atom is -0.444 e. The van der Waals surface area contributed by atoms with Crippen LogP contribution in [0.25, 0.3) is 11.3 Å². The molecule has 2 saturated heterocycles. The predicted molar refractivity (Wildman–Crippen MR) is 129 cm³/mol. The molecule has 2 aliphatic heterocycles. The maximum absolute atomic E-state index is 12.8. The van der Waals surface area contributed by atoms with Crippen molar-refractivity contribution in [1.82, 2.24) is 14.9 Å². The number of nitrogens with zero attached hydrogens (tertiary/aromatic N) is 2. The smallest absolute Gasteiger partial charge is 0.444 e. The van der Waals surface area contributed by atoms with E-state index in [2.05, 4.69) is 44.6 Å². The molecule has 4 rings (SSSR count). The monoisotopic (exact) mass is 453 g/mol. The summed E-state index contributed by atoms with van der Waals surface area (Å²) in [7, 11) is -0.385. The number of H-pyrrole nitrogens is 1. The van der Waals surface area contributed by atoms with Crippen molar-refractivity contribution >= 4 is 18.7 Å². The third-order valence-electron chi connectivity index (χ3n) is 6.80. The molecule has 1 aromatic carbocycles. The van der Waals surface area contributed by atoms with Crippen LogP contribution >= 0.6 is 0 Å². The first-order valence-electron chi connectivity index (χ1n) is 11.8. The Balaban J connectivity index is 1.50. The fourth-order valence-electron chi connectivity index (χ4n) is 4.28. The van der Waals surface area contributed by atoms with Gasteiger partial charge in [0.05, 0.1) is 29.1 Å². The molecule has 8 heteroatoms. The van der Waals surface area contributed by atoms with Crippen molar-refractivity contribution in [2.75, 3.05) is 6.54 Å². The number of rotatable bonds is 3. The Morgan fingerprint density at radius 3 is 2.33 bits per heavy atom. The van der Waals surface area contributed by atoms with Crippen LogP contribution in [0.4, 0.5) is 4.79 Å². The van der Waals surface area contributed by atoms with E-state index in [4.69, 9.17) is 14.0 Å². The van der Waals surface area contributed by atoms with Gasteiger partial charge in [0.15, 0.2) is 0 Å². The maximum Gasteiger partial charge on any atom is 0.494 e. The lowest BCUT2D eigenvalue weighted by molar-refractivity contribution is 0.00578. The van der Waals surface area contributed by atoms with Gasteiger partial charge in [0.2, 0.25) is 0 Å². The number of amides is 1. The molecule has 2 aliphatic rings. The third kappa shape index (κ3) is 4.82. The number of aromatic nitrogens is 2. The number of hydrogen-bond donors (Lipinski definition) is 1. The zero-order chi connectivity index (χ0) is 24.2. The third-order valence-corrected chi connectivity index (χ3v) is 6.80. The number of aromatic amines is 1. The molecule has 1 amide bonds. The number of carbonyl (C=O) groups is 1. The largest absolute Gasteiger partial charge is 0.494 e. The standard InChI is InChI=1S/C25H36BN3O4/c1-16-13-20(29(15-16)22(30)31-23(2,3)4)21-27-14-19(28-21)17-9-11-18(12-10-17)26-32-24(5,6)25(7,8)33-26/h9-12,14,16,20H,13,15H2,1-8H3,(H,27,28). The summed E-state index contributed by atoms with van der Waals surface area (Å²) in [6, 6.07) is 8.03. The van der Waals surface area contributed by atoms with E-state index < -0.39 is 5.60 Å². The van der Waals surface area contributed by atoms with Crippen molar-refractivity contribution in [2.45, 2.75) is 84.7 Å². The van der Waals surface area contributed by atoms with E-state index in [1.165, 1.54) is 0 Å². The number of ether oxygens (including phenoxy) is 1. The van der Waals surface area contributed by atoms with Gasteiger partial charge in [-0.15, -0.1) is 0 Å². The summed E-state index contributed by atoms with van der Waals surface area (Å²) < 4.78 is 17.9. The topological polar surface area (TPSA) is 76.7 Å². The highest BCUT2D eigenvalue weighted by atomic mass is 16.7. The summed E-state index contributed by atoms with van der Waals surface area (Å²) in [6.07, 6.45) is 2.39. The Hall–Kier alpha value is -2.32. The second kappa shape index (κ2) is 8.17. The summed E-state index contributed by atoms with van der Waals surface area (Å²) in [4.78, 5) is 22.6. The molecule has 178 valence electrons. The quantitative estimate of drug-likeness (QED) is 0.683. The fraction of sp³-hybridized carbons (Fsp3) is 0.600. The summed E-state index contributed by atoms with van der Waals surface area (Å²) >= 11 is 0. The molecular formula is C25H36BN3O4. The molecule has 33 heavy (non-hydrogen) atoms. The second-order valence-corrected chi connectivity index (χ2v) is 11.4. The lowest BCUT2D eigenvalue weighted by Gasteiger charge is -2.32. The molecule has 0 spiro atoms. The number of carbonyl (C=O) groups excluding carboxylic acids is 1. The van der Waals surface area contributed by atoms with E-state index in [1.54, 1.807) is 4.90 Å². The summed E-state index contributed by atoms with van der Waals surface area (Å²) in [6.45, 7) is 16.7. The van der Waals surface area contributed by atoms with Crippen molar-refractivity contribution in [1.29, 1.82) is 0 Å². The van der Waals surface area contributed by atoms with E-state index in [1.807, 2.05) is 51.2 Å². The highest BCUT2D eigenvalue weighted by molar-refractivity contribution is 6.62. The van der Waals surface area contributed by atoms with Gasteiger partial charge in [0, 0.05) is 6.54 Å². The van der Waals surface area contributed by atoms with Crippen LogP contribution in [0.3, 0.4) is 0 Å². The van der Waals surface area contributed by atoms with Crippen molar-refractivity contribution in [3.63, 3.8) is 0 Å². The van der Waals surface area contributed by atoms with Gasteiger partial charge in [-0.2, -0.15) is 0 Å². The number of nitrogens with one attached hydrogen (secondary N) is 1. The van der Waals surface area contributed by atoms with Crippen molar-refractivity contribution in [3.8, 4) is 11.3 Å². The van der Waals surface area contributed by atoms with Crippen LogP contribution in [0.15, 0.2) is 30.5 Å². The molecule has 3 heterocycles. The molecule has 2 fully saturated rings. The Labute approximate surface area is 197 Å². The lowest BCUT2D eigenvalue weighted by atomic mass is 9.79. The van der Waals surface area contributed by atoms with Crippen LogP contribution in [0.1, 0.15) is 73.7 Å². The predicted octanol–water partition coefficient (Wildman–Crippen LogP) is 4.69. The Morgan fingerprint density at radius 2 is 1.76 bits per heavy atom. The van der Waals surface area contributed by atoms with Crippen molar-refractivity contribution in [2.24, 2.45) is 5.92 Å². The molecule has 0 bridgehead atoms. The number of imidazole rings is 1. The second-order valence-electron chi connectivity index (χ2n) is 11.4. The van der Waals surface area contributed by atoms with Crippen LogP contribution in [-0.2, 0) is 14.0 Å². The van der Waals surface area contributed by atoms with Gasteiger partial charge in [-0.05, 0) is 71.8 Å². The van der Waals surface area contributed by atoms with Gasteiger partial charge in [-0.3, -0.25) is 4.90 Å². The van der Waals surface area contributed by atoms with Gasteiger partial charge in [0.1, 0.15) is 11.4 Å². The van der Waals surface area contributed by atoms with Gasteiger partial charge in [-0.25, -0.2) is 9.78 Å². The molecular weight excluding hydrogens is 417 g/mol. The molecule has 2 unspecified atom stereocenters. The Kier molecular flexibility index (Phi) is 5.90. The first kappa shape index (κ1) is 23.8. The molecule has 2 aromatic rings. The summed E-state index contributed by atoms with van der Waals surface area (Å²) in [5.74, 6) is 1.17. The van der Waals surface area contributed by atoms with Crippen molar-refractivity contribution in [3.05, 3.63) is 36.3 Å². The average Bonchev–Trinajstić information content (AvgIpc) is 3.37. The lowest BCUT2D eigenvalue weighted by Crippen LogP contribution is -2.41. The number of benzene rings is 1. The minimum absolute atomic E-state index is 0.118. The van der Waals surface area contributed by atoms with Crippen LogP contribution in [-0.4, -0.2) is 51.4 Å². The molecule has 7 nitrogen and oxygen atoms in total. The average molecular weight is 453 g/mol. The minimum atomic E-state index is -0.527. The van der Waals surface area contributed by atoms with Gasteiger partial charge < -0.3 is 19.0 Å². The number of hydrogen-bond acceptors (Lipinski definition) is 5. The van der Waals surface area contributed by atoms with Crippen LogP contribution in [0.5, 0.6) is 0 Å². The normalized spacial score (nSPS) is 24.4. The first-order valence-corrected chi connectivity index (χ1v) is 11.8. The maximum atomic E-state index is 12.8. The van der Waals surface area contributed by atoms with Crippen LogP contribution in [0.2, 0.25) is 0 Å². The van der Waals surface area contributed by atoms with E-state index in [0.717, 1.165) is 29.0 Å². The van der Waals surface area contributed by atoms with E-state index in [9.17, 15) is 4.79 Å². The van der Waals surface area contributed by atoms with E-state index >= 15 is 0 Å². The fourth-order valence-corrected chi connectivity index (χ4v) is 4.28. The Bertz CT molecular complexity index is 993. The van der Waals surface area contributed by atoms with E-state index in [0.29, 0.717) is 12.5 Å². The Morgan fingerprint density at radius 1 is 1.15 bits per heavy atom. The SMILES string of the molecule is CC1CC(c2ncc(-c3ccc(B4OC(C)(C)C(C)(C)O4)cc3)[nH]2)N(C(=O)OC(C)(C)C)C1. The molecule has 1 aromatic heterocycles. The summed E-state index contributed by atoms with van der Waals surface area (Å²) in [5.41, 5.74) is 1.65. The first-order chi connectivity index (χ1) is 15.3. The molecule has 0 saturated carbocycles. The summed E-state index contributed by atoms with van der Waals surface area (Å²) in [5, 5.41) is 0. The van der Waals surface area contributed by atoms with E-state index in [-0.39, 0.29) is 30.5 Å². The zero-order valence-electron chi connectivity index (χ0n) is 21.1. The van der Waals surface area contributed by atoms with Crippen molar-refractivity contribution < 1.29 is 18.8 Å². The van der Waals surface area contributed by atoms with Crippen LogP contribution < -0.4 is 5.46 Å². The molecule has 2 atom stereocenters. The highest BCUT2D eigenvalue weighted by Crippen LogP contribution is 2.37. The molecule has 0 aliphatic carbocycles. The van der Waals surface area contributed by atoms with Gasteiger partial charge in [-0.1, -0.05) is 31.2 Å². The highest BCUT2D eigenvalue weighted by Gasteiger charge is 2.51. The van der Waals surface area contributed by atoms with Gasteiger partial charge in [0.25, 0.3) is 0 Å². The number of likely N-dealkylation sites (tertiary alicyclic amines) is 1. The zero-order valence-corrected chi connectivity index (χ0v) is 21.1.